The fraction of sp³-hybridized carbons (Fsp3) is 0.143. The molecule has 0 amide bonds. The summed E-state index contributed by atoms with van der Waals surface area (Å²) in [6.07, 6.45) is 0. The Hall–Kier alpha value is -2.14. The van der Waals surface area contributed by atoms with Crippen LogP contribution in [0.4, 0.5) is 15.8 Å². The first-order valence-corrected chi connectivity index (χ1v) is 6.28. The van der Waals surface area contributed by atoms with Gasteiger partial charge in [0, 0.05) is 17.6 Å². The second-order valence-corrected chi connectivity index (χ2v) is 4.75. The molecule has 0 spiro atoms. The Kier molecular flexibility index (Phi) is 4.20. The lowest BCUT2D eigenvalue weighted by molar-refractivity contribution is -0.385. The highest BCUT2D eigenvalue weighted by molar-refractivity contribution is 6.30. The van der Waals surface area contributed by atoms with Crippen molar-refractivity contribution in [1.82, 2.24) is 0 Å². The number of rotatable bonds is 4. The van der Waals surface area contributed by atoms with Crippen molar-refractivity contribution < 1.29 is 9.31 Å². The number of hydrogen-bond donors (Lipinski definition) is 1. The molecule has 0 fully saturated rings. The van der Waals surface area contributed by atoms with Gasteiger partial charge in [0.25, 0.3) is 5.69 Å². The molecule has 0 atom stereocenters. The zero-order chi connectivity index (χ0) is 14.7. The minimum atomic E-state index is -0.485. The molecule has 104 valence electrons. The third-order valence-electron chi connectivity index (χ3n) is 2.92. The fourth-order valence-electron chi connectivity index (χ4n) is 1.91. The van der Waals surface area contributed by atoms with E-state index in [0.29, 0.717) is 16.3 Å². The van der Waals surface area contributed by atoms with E-state index >= 15 is 0 Å². The van der Waals surface area contributed by atoms with E-state index in [4.69, 9.17) is 11.6 Å². The third kappa shape index (κ3) is 3.05. The number of para-hydroxylation sites is 1. The molecular formula is C14H12ClFN2O2. The molecule has 0 aliphatic heterocycles. The van der Waals surface area contributed by atoms with Crippen LogP contribution < -0.4 is 5.32 Å². The van der Waals surface area contributed by atoms with Gasteiger partial charge in [-0.1, -0.05) is 23.7 Å². The first kappa shape index (κ1) is 14.3. The van der Waals surface area contributed by atoms with Crippen molar-refractivity contribution in [2.24, 2.45) is 0 Å². The molecule has 0 radical (unpaired) electrons. The standard InChI is InChI=1S/C14H12ClFN2O2/c1-9-3-2-4-12(16)14(9)17-8-10-7-11(15)5-6-13(10)18(19)20/h2-7,17H,8H2,1H3. The highest BCUT2D eigenvalue weighted by Gasteiger charge is 2.14. The van der Waals surface area contributed by atoms with E-state index in [9.17, 15) is 14.5 Å². The molecule has 0 saturated carbocycles. The van der Waals surface area contributed by atoms with Gasteiger partial charge < -0.3 is 5.32 Å². The van der Waals surface area contributed by atoms with Crippen LogP contribution in [-0.4, -0.2) is 4.92 Å². The quantitative estimate of drug-likeness (QED) is 0.675. The van der Waals surface area contributed by atoms with E-state index in [2.05, 4.69) is 5.32 Å². The van der Waals surface area contributed by atoms with Crippen LogP contribution in [0.2, 0.25) is 5.02 Å². The van der Waals surface area contributed by atoms with Crippen molar-refractivity contribution in [3.05, 3.63) is 68.5 Å². The lowest BCUT2D eigenvalue weighted by Gasteiger charge is -2.11. The Labute approximate surface area is 120 Å². The number of hydrogen-bond acceptors (Lipinski definition) is 3. The summed E-state index contributed by atoms with van der Waals surface area (Å²) in [5.74, 6) is -0.394. The summed E-state index contributed by atoms with van der Waals surface area (Å²) in [5.41, 5.74) is 1.43. The Balaban J connectivity index is 2.27. The van der Waals surface area contributed by atoms with E-state index in [1.807, 2.05) is 0 Å². The number of aryl methyl sites for hydroxylation is 1. The Morgan fingerprint density at radius 3 is 2.75 bits per heavy atom. The Bertz CT molecular complexity index is 641. The maximum atomic E-state index is 13.7. The normalized spacial score (nSPS) is 10.3. The van der Waals surface area contributed by atoms with Gasteiger partial charge in [-0.05, 0) is 30.7 Å². The van der Waals surface area contributed by atoms with Crippen molar-refractivity contribution in [2.45, 2.75) is 13.5 Å². The number of benzene rings is 2. The average molecular weight is 295 g/mol. The van der Waals surface area contributed by atoms with E-state index in [0.717, 1.165) is 5.56 Å². The summed E-state index contributed by atoms with van der Waals surface area (Å²) in [6.45, 7) is 1.89. The van der Waals surface area contributed by atoms with E-state index in [1.165, 1.54) is 24.3 Å². The smallest absolute Gasteiger partial charge is 0.274 e. The lowest BCUT2D eigenvalue weighted by atomic mass is 10.1. The fourth-order valence-corrected chi connectivity index (χ4v) is 2.11. The molecule has 2 aromatic carbocycles. The number of nitrogens with one attached hydrogen (secondary N) is 1. The van der Waals surface area contributed by atoms with Gasteiger partial charge in [0.2, 0.25) is 0 Å². The molecule has 0 bridgehead atoms. The van der Waals surface area contributed by atoms with E-state index in [1.54, 1.807) is 19.1 Å². The lowest BCUT2D eigenvalue weighted by Crippen LogP contribution is -2.05. The average Bonchev–Trinajstić information content (AvgIpc) is 2.37. The van der Waals surface area contributed by atoms with Crippen molar-refractivity contribution in [1.29, 1.82) is 0 Å². The van der Waals surface area contributed by atoms with Crippen LogP contribution in [0.5, 0.6) is 0 Å². The highest BCUT2D eigenvalue weighted by atomic mass is 35.5. The monoisotopic (exact) mass is 294 g/mol. The van der Waals surface area contributed by atoms with Crippen LogP contribution >= 0.6 is 11.6 Å². The number of nitro benzene ring substituents is 1. The molecule has 0 aromatic heterocycles. The molecule has 0 unspecified atom stereocenters. The van der Waals surface area contributed by atoms with Gasteiger partial charge >= 0.3 is 0 Å². The van der Waals surface area contributed by atoms with Gasteiger partial charge in [0.05, 0.1) is 16.2 Å². The van der Waals surface area contributed by atoms with Crippen LogP contribution in [-0.2, 0) is 6.54 Å². The zero-order valence-corrected chi connectivity index (χ0v) is 11.4. The summed E-state index contributed by atoms with van der Waals surface area (Å²) in [7, 11) is 0. The van der Waals surface area contributed by atoms with Gasteiger partial charge in [-0.3, -0.25) is 10.1 Å². The molecule has 20 heavy (non-hydrogen) atoms. The van der Waals surface area contributed by atoms with Crippen LogP contribution in [0, 0.1) is 22.9 Å². The third-order valence-corrected chi connectivity index (χ3v) is 3.15. The SMILES string of the molecule is Cc1cccc(F)c1NCc1cc(Cl)ccc1[N+](=O)[O-]. The van der Waals surface area contributed by atoms with E-state index in [-0.39, 0.29) is 12.2 Å². The topological polar surface area (TPSA) is 55.2 Å². The molecule has 0 aliphatic rings. The van der Waals surface area contributed by atoms with Crippen LogP contribution in [0.25, 0.3) is 0 Å². The van der Waals surface area contributed by atoms with Crippen LogP contribution in [0.1, 0.15) is 11.1 Å². The van der Waals surface area contributed by atoms with Crippen molar-refractivity contribution in [2.75, 3.05) is 5.32 Å². The summed E-state index contributed by atoms with van der Waals surface area (Å²) in [4.78, 5) is 10.5. The molecular weight excluding hydrogens is 283 g/mol. The van der Waals surface area contributed by atoms with Gasteiger partial charge in [0.1, 0.15) is 5.82 Å². The maximum Gasteiger partial charge on any atom is 0.274 e. The second kappa shape index (κ2) is 5.88. The first-order valence-electron chi connectivity index (χ1n) is 5.91. The van der Waals surface area contributed by atoms with Crippen LogP contribution in [0.15, 0.2) is 36.4 Å². The summed E-state index contributed by atoms with van der Waals surface area (Å²) >= 11 is 5.84. The number of nitro groups is 1. The number of nitrogens with zero attached hydrogens (tertiary/aromatic N) is 1. The van der Waals surface area contributed by atoms with Crippen molar-refractivity contribution >= 4 is 23.0 Å². The first-order chi connectivity index (χ1) is 9.49. The minimum absolute atomic E-state index is 0.0455. The van der Waals surface area contributed by atoms with Gasteiger partial charge in [0.15, 0.2) is 0 Å². The zero-order valence-electron chi connectivity index (χ0n) is 10.7. The van der Waals surface area contributed by atoms with Crippen LogP contribution in [0.3, 0.4) is 0 Å². The molecule has 6 heteroatoms. The van der Waals surface area contributed by atoms with Gasteiger partial charge in [-0.25, -0.2) is 4.39 Å². The molecule has 2 aromatic rings. The van der Waals surface area contributed by atoms with Gasteiger partial charge in [-0.2, -0.15) is 0 Å². The Morgan fingerprint density at radius 1 is 1.35 bits per heavy atom. The maximum absolute atomic E-state index is 13.7. The molecule has 0 aliphatic carbocycles. The predicted molar refractivity (Wildman–Crippen MR) is 76.6 cm³/mol. The highest BCUT2D eigenvalue weighted by Crippen LogP contribution is 2.25. The molecule has 1 N–H and O–H groups in total. The second-order valence-electron chi connectivity index (χ2n) is 4.32. The molecule has 4 nitrogen and oxygen atoms in total. The summed E-state index contributed by atoms with van der Waals surface area (Å²) in [5, 5.41) is 14.2. The Morgan fingerprint density at radius 2 is 2.10 bits per heavy atom. The predicted octanol–water partition coefficient (Wildman–Crippen LogP) is 4.31. The largest absolute Gasteiger partial charge is 0.378 e. The summed E-state index contributed by atoms with van der Waals surface area (Å²) in [6, 6.07) is 9.01. The number of halogens is 2. The van der Waals surface area contributed by atoms with Crippen molar-refractivity contribution in [3.63, 3.8) is 0 Å². The van der Waals surface area contributed by atoms with Crippen molar-refractivity contribution in [3.8, 4) is 0 Å². The molecule has 2 rings (SSSR count). The molecule has 0 heterocycles. The van der Waals surface area contributed by atoms with E-state index < -0.39 is 10.7 Å². The number of anilines is 1. The van der Waals surface area contributed by atoms with Gasteiger partial charge in [-0.15, -0.1) is 0 Å². The molecule has 0 saturated heterocycles. The minimum Gasteiger partial charge on any atom is -0.378 e. The summed E-state index contributed by atoms with van der Waals surface area (Å²) < 4.78 is 13.7.